The number of carbonyl (C=O) groups excluding carboxylic acids is 1. The summed E-state index contributed by atoms with van der Waals surface area (Å²) < 4.78 is 26.0. The average Bonchev–Trinajstić information content (AvgIpc) is 2.30. The molecule has 1 rings (SSSR count). The number of anilines is 1. The smallest absolute Gasteiger partial charge is 0.251 e. The minimum Gasteiger partial charge on any atom is -0.355 e. The molecule has 0 aromatic heterocycles. The highest BCUT2D eigenvalue weighted by atomic mass is 32.2. The molecule has 100 valence electrons. The minimum absolute atomic E-state index is 0.198. The maximum Gasteiger partial charge on any atom is 0.251 e. The molecule has 0 bridgehead atoms. The molecule has 0 unspecified atom stereocenters. The zero-order chi connectivity index (χ0) is 13.9. The number of amides is 1. The van der Waals surface area contributed by atoms with Crippen molar-refractivity contribution < 1.29 is 13.2 Å². The summed E-state index contributed by atoms with van der Waals surface area (Å²) >= 11 is 0. The molecule has 0 radical (unpaired) electrons. The van der Waals surface area contributed by atoms with Gasteiger partial charge in [0.25, 0.3) is 5.91 Å². The standard InChI is InChI=1S/C12H18N2O3S/c1-8(2)18(16,17)14-11-6-5-10(7-9(11)3)12(15)13-4/h5-8,14H,1-4H3,(H,13,15). The summed E-state index contributed by atoms with van der Waals surface area (Å²) in [5, 5.41) is 2.01. The number of rotatable bonds is 4. The van der Waals surface area contributed by atoms with Crippen molar-refractivity contribution in [3.8, 4) is 0 Å². The van der Waals surface area contributed by atoms with E-state index in [1.807, 2.05) is 0 Å². The van der Waals surface area contributed by atoms with Gasteiger partial charge in [0, 0.05) is 12.6 Å². The van der Waals surface area contributed by atoms with Crippen LogP contribution >= 0.6 is 0 Å². The molecule has 6 heteroatoms. The number of nitrogens with one attached hydrogen (secondary N) is 2. The van der Waals surface area contributed by atoms with Crippen LogP contribution in [0.15, 0.2) is 18.2 Å². The highest BCUT2D eigenvalue weighted by Crippen LogP contribution is 2.19. The molecule has 0 saturated heterocycles. The Labute approximate surface area is 108 Å². The van der Waals surface area contributed by atoms with Crippen LogP contribution in [0.3, 0.4) is 0 Å². The van der Waals surface area contributed by atoms with Gasteiger partial charge in [-0.05, 0) is 44.5 Å². The normalized spacial score (nSPS) is 11.4. The second-order valence-electron chi connectivity index (χ2n) is 4.30. The molecule has 2 N–H and O–H groups in total. The van der Waals surface area contributed by atoms with E-state index in [1.54, 1.807) is 46.0 Å². The molecule has 0 aliphatic carbocycles. The molecule has 0 heterocycles. The Morgan fingerprint density at radius 2 is 1.89 bits per heavy atom. The molecule has 0 atom stereocenters. The van der Waals surface area contributed by atoms with E-state index in [9.17, 15) is 13.2 Å². The maximum absolute atomic E-state index is 11.7. The van der Waals surface area contributed by atoms with Crippen molar-refractivity contribution in [1.29, 1.82) is 0 Å². The SMILES string of the molecule is CNC(=O)c1ccc(NS(=O)(=O)C(C)C)c(C)c1. The second kappa shape index (κ2) is 5.39. The fraction of sp³-hybridized carbons (Fsp3) is 0.417. The van der Waals surface area contributed by atoms with E-state index in [2.05, 4.69) is 10.0 Å². The number of hydrogen-bond donors (Lipinski definition) is 2. The van der Waals surface area contributed by atoms with Crippen LogP contribution in [0.5, 0.6) is 0 Å². The zero-order valence-corrected chi connectivity index (χ0v) is 11.8. The van der Waals surface area contributed by atoms with Crippen molar-refractivity contribution in [2.75, 3.05) is 11.8 Å². The van der Waals surface area contributed by atoms with Crippen molar-refractivity contribution in [2.45, 2.75) is 26.0 Å². The Bertz CT molecular complexity index is 550. The predicted molar refractivity (Wildman–Crippen MR) is 72.2 cm³/mol. The fourth-order valence-corrected chi connectivity index (χ4v) is 2.11. The van der Waals surface area contributed by atoms with Gasteiger partial charge < -0.3 is 5.32 Å². The van der Waals surface area contributed by atoms with Crippen molar-refractivity contribution >= 4 is 21.6 Å². The van der Waals surface area contributed by atoms with E-state index in [0.717, 1.165) is 0 Å². The number of hydrogen-bond acceptors (Lipinski definition) is 3. The van der Waals surface area contributed by atoms with Gasteiger partial charge >= 0.3 is 0 Å². The first kappa shape index (κ1) is 14.5. The lowest BCUT2D eigenvalue weighted by Crippen LogP contribution is -2.23. The van der Waals surface area contributed by atoms with Gasteiger partial charge in [-0.15, -0.1) is 0 Å². The quantitative estimate of drug-likeness (QED) is 0.870. The summed E-state index contributed by atoms with van der Waals surface area (Å²) in [6.07, 6.45) is 0. The van der Waals surface area contributed by atoms with Crippen LogP contribution in [0.2, 0.25) is 0 Å². The molecule has 1 aromatic rings. The van der Waals surface area contributed by atoms with Gasteiger partial charge in [-0.25, -0.2) is 8.42 Å². The van der Waals surface area contributed by atoms with Crippen molar-refractivity contribution in [3.05, 3.63) is 29.3 Å². The average molecular weight is 270 g/mol. The minimum atomic E-state index is -3.36. The molecule has 0 aliphatic heterocycles. The maximum atomic E-state index is 11.7. The first-order valence-corrected chi connectivity index (χ1v) is 7.17. The Morgan fingerprint density at radius 3 is 2.33 bits per heavy atom. The third-order valence-corrected chi connectivity index (χ3v) is 4.33. The predicted octanol–water partition coefficient (Wildman–Crippen LogP) is 1.50. The summed E-state index contributed by atoms with van der Waals surface area (Å²) in [4.78, 5) is 11.4. The Balaban J connectivity index is 3.04. The van der Waals surface area contributed by atoms with Crippen LogP contribution in [0, 0.1) is 6.92 Å². The van der Waals surface area contributed by atoms with Crippen molar-refractivity contribution in [1.82, 2.24) is 5.32 Å². The van der Waals surface area contributed by atoms with Crippen LogP contribution in [-0.4, -0.2) is 26.6 Å². The van der Waals surface area contributed by atoms with Crippen molar-refractivity contribution in [3.63, 3.8) is 0 Å². The molecule has 0 saturated carbocycles. The third-order valence-electron chi connectivity index (χ3n) is 2.59. The summed E-state index contributed by atoms with van der Waals surface area (Å²) in [6.45, 7) is 4.97. The number of sulfonamides is 1. The lowest BCUT2D eigenvalue weighted by Gasteiger charge is -2.13. The topological polar surface area (TPSA) is 75.3 Å². The monoisotopic (exact) mass is 270 g/mol. The van der Waals surface area contributed by atoms with Crippen LogP contribution in [0.4, 0.5) is 5.69 Å². The van der Waals surface area contributed by atoms with Gasteiger partial charge in [0.1, 0.15) is 0 Å². The first-order chi connectivity index (χ1) is 8.27. The van der Waals surface area contributed by atoms with E-state index in [4.69, 9.17) is 0 Å². The molecule has 1 aromatic carbocycles. The Morgan fingerprint density at radius 1 is 1.28 bits per heavy atom. The van der Waals surface area contributed by atoms with Crippen molar-refractivity contribution in [2.24, 2.45) is 0 Å². The van der Waals surface area contributed by atoms with Gasteiger partial charge in [0.15, 0.2) is 0 Å². The lowest BCUT2D eigenvalue weighted by atomic mass is 10.1. The van der Waals surface area contributed by atoms with Crippen LogP contribution < -0.4 is 10.0 Å². The third kappa shape index (κ3) is 3.22. The molecule has 1 amide bonds. The highest BCUT2D eigenvalue weighted by Gasteiger charge is 2.17. The van der Waals surface area contributed by atoms with E-state index in [0.29, 0.717) is 16.8 Å². The number of carbonyl (C=O) groups is 1. The van der Waals surface area contributed by atoms with Crippen LogP contribution in [-0.2, 0) is 10.0 Å². The highest BCUT2D eigenvalue weighted by molar-refractivity contribution is 7.93. The van der Waals surface area contributed by atoms with E-state index in [-0.39, 0.29) is 5.91 Å². The summed E-state index contributed by atoms with van der Waals surface area (Å²) in [6, 6.07) is 4.83. The number of benzene rings is 1. The van der Waals surface area contributed by atoms with Gasteiger partial charge in [-0.3, -0.25) is 9.52 Å². The molecule has 5 nitrogen and oxygen atoms in total. The fourth-order valence-electron chi connectivity index (χ4n) is 1.33. The lowest BCUT2D eigenvalue weighted by molar-refractivity contribution is 0.0963. The summed E-state index contributed by atoms with van der Waals surface area (Å²) in [5.74, 6) is -0.198. The van der Waals surface area contributed by atoms with Gasteiger partial charge in [0.2, 0.25) is 10.0 Å². The Hall–Kier alpha value is -1.56. The summed E-state index contributed by atoms with van der Waals surface area (Å²) in [5.41, 5.74) is 1.71. The molecular formula is C12H18N2O3S. The molecule has 0 aliphatic rings. The zero-order valence-electron chi connectivity index (χ0n) is 10.9. The first-order valence-electron chi connectivity index (χ1n) is 5.62. The Kier molecular flexibility index (Phi) is 4.34. The molecule has 0 fully saturated rings. The van der Waals surface area contributed by atoms with Crippen LogP contribution in [0.1, 0.15) is 29.8 Å². The number of aryl methyl sites for hydroxylation is 1. The second-order valence-corrected chi connectivity index (χ2v) is 6.54. The molecule has 18 heavy (non-hydrogen) atoms. The summed E-state index contributed by atoms with van der Waals surface area (Å²) in [7, 11) is -1.81. The van der Waals surface area contributed by atoms with Gasteiger partial charge in [0.05, 0.1) is 10.9 Å². The van der Waals surface area contributed by atoms with Gasteiger partial charge in [-0.2, -0.15) is 0 Å². The van der Waals surface area contributed by atoms with E-state index < -0.39 is 15.3 Å². The van der Waals surface area contributed by atoms with Crippen LogP contribution in [0.25, 0.3) is 0 Å². The molecule has 0 spiro atoms. The van der Waals surface area contributed by atoms with E-state index >= 15 is 0 Å². The molecular weight excluding hydrogens is 252 g/mol. The van der Waals surface area contributed by atoms with Gasteiger partial charge in [-0.1, -0.05) is 0 Å². The largest absolute Gasteiger partial charge is 0.355 e. The van der Waals surface area contributed by atoms with E-state index in [1.165, 1.54) is 0 Å².